The normalized spacial score (nSPS) is 12.6. The van der Waals surface area contributed by atoms with E-state index < -0.39 is 10.8 Å². The Labute approximate surface area is 112 Å². The second kappa shape index (κ2) is 5.45. The van der Waals surface area contributed by atoms with Gasteiger partial charge in [0.15, 0.2) is 5.82 Å². The van der Waals surface area contributed by atoms with Crippen LogP contribution >= 0.6 is 11.6 Å². The minimum atomic E-state index is -0.893. The lowest BCUT2D eigenvalue weighted by Crippen LogP contribution is -2.10. The lowest BCUT2D eigenvalue weighted by atomic mass is 10.1. The molecular formula is C10H12ClN5OS. The van der Waals surface area contributed by atoms with Gasteiger partial charge in [0.25, 0.3) is 0 Å². The van der Waals surface area contributed by atoms with Crippen molar-refractivity contribution in [1.29, 1.82) is 0 Å². The van der Waals surface area contributed by atoms with E-state index in [0.29, 0.717) is 34.4 Å². The molecule has 2 rings (SSSR count). The highest BCUT2D eigenvalue weighted by Crippen LogP contribution is 2.26. The van der Waals surface area contributed by atoms with E-state index in [2.05, 4.69) is 15.5 Å². The number of hydrogen-bond donors (Lipinski definition) is 1. The number of anilines is 1. The van der Waals surface area contributed by atoms with Crippen molar-refractivity contribution in [3.05, 3.63) is 23.2 Å². The fourth-order valence-corrected chi connectivity index (χ4v) is 2.11. The van der Waals surface area contributed by atoms with Crippen LogP contribution in [0.3, 0.4) is 0 Å². The van der Waals surface area contributed by atoms with Crippen molar-refractivity contribution in [3.8, 4) is 11.4 Å². The van der Waals surface area contributed by atoms with Crippen LogP contribution in [-0.2, 0) is 17.3 Å². The number of nitrogen functional groups attached to an aromatic ring is 1. The van der Waals surface area contributed by atoms with E-state index in [1.54, 1.807) is 29.1 Å². The van der Waals surface area contributed by atoms with Crippen molar-refractivity contribution in [2.24, 2.45) is 0 Å². The van der Waals surface area contributed by atoms with Gasteiger partial charge >= 0.3 is 0 Å². The van der Waals surface area contributed by atoms with E-state index in [1.807, 2.05) is 0 Å². The van der Waals surface area contributed by atoms with E-state index in [9.17, 15) is 4.21 Å². The van der Waals surface area contributed by atoms with Gasteiger partial charge in [-0.3, -0.25) is 4.21 Å². The molecule has 0 amide bonds. The average molecular weight is 286 g/mol. The first-order valence-electron chi connectivity index (χ1n) is 5.19. The summed E-state index contributed by atoms with van der Waals surface area (Å²) in [6.07, 6.45) is 1.64. The molecule has 1 aromatic carbocycles. The van der Waals surface area contributed by atoms with Crippen LogP contribution in [0, 0.1) is 0 Å². The Morgan fingerprint density at radius 1 is 1.50 bits per heavy atom. The standard InChI is InChI=1S/C10H12ClN5OS/c1-18(17)5-4-16-10(13-14-15-16)8-3-2-7(11)6-9(8)12/h2-3,6H,4-5,12H2,1H3. The quantitative estimate of drug-likeness (QED) is 0.845. The molecule has 1 aromatic heterocycles. The summed E-state index contributed by atoms with van der Waals surface area (Å²) in [6, 6.07) is 5.14. The first-order valence-corrected chi connectivity index (χ1v) is 7.30. The molecule has 0 aliphatic carbocycles. The summed E-state index contributed by atoms with van der Waals surface area (Å²) < 4.78 is 12.7. The van der Waals surface area contributed by atoms with Crippen molar-refractivity contribution in [2.45, 2.75) is 6.54 Å². The van der Waals surface area contributed by atoms with E-state index >= 15 is 0 Å². The predicted molar refractivity (Wildman–Crippen MR) is 71.6 cm³/mol. The molecule has 0 aliphatic heterocycles. The maximum atomic E-state index is 11.1. The van der Waals surface area contributed by atoms with Gasteiger partial charge in [0, 0.05) is 39.1 Å². The van der Waals surface area contributed by atoms with Crippen LogP contribution in [0.2, 0.25) is 5.02 Å². The molecule has 2 N–H and O–H groups in total. The van der Waals surface area contributed by atoms with Crippen LogP contribution in [0.25, 0.3) is 11.4 Å². The van der Waals surface area contributed by atoms with Crippen LogP contribution < -0.4 is 5.73 Å². The second-order valence-electron chi connectivity index (χ2n) is 3.73. The lowest BCUT2D eigenvalue weighted by Gasteiger charge is -2.06. The van der Waals surface area contributed by atoms with Gasteiger partial charge in [-0.25, -0.2) is 4.68 Å². The largest absolute Gasteiger partial charge is 0.398 e. The van der Waals surface area contributed by atoms with Gasteiger partial charge in [0.1, 0.15) is 0 Å². The van der Waals surface area contributed by atoms with Crippen molar-refractivity contribution in [2.75, 3.05) is 17.7 Å². The number of aryl methyl sites for hydroxylation is 1. The summed E-state index contributed by atoms with van der Waals surface area (Å²) in [7, 11) is -0.893. The highest BCUT2D eigenvalue weighted by molar-refractivity contribution is 7.84. The van der Waals surface area contributed by atoms with Gasteiger partial charge in [-0.15, -0.1) is 5.10 Å². The molecule has 0 radical (unpaired) electrons. The molecule has 1 atom stereocenters. The number of nitrogens with two attached hydrogens (primary N) is 1. The monoisotopic (exact) mass is 285 g/mol. The fraction of sp³-hybridized carbons (Fsp3) is 0.300. The SMILES string of the molecule is CS(=O)CCn1nnnc1-c1ccc(Cl)cc1N. The Balaban J connectivity index is 2.33. The zero-order valence-corrected chi connectivity index (χ0v) is 11.3. The molecule has 0 saturated carbocycles. The number of halogens is 1. The van der Waals surface area contributed by atoms with Gasteiger partial charge in [-0.05, 0) is 28.6 Å². The number of hydrogen-bond acceptors (Lipinski definition) is 5. The van der Waals surface area contributed by atoms with Crippen LogP contribution in [0.4, 0.5) is 5.69 Å². The van der Waals surface area contributed by atoms with Gasteiger partial charge < -0.3 is 5.73 Å². The van der Waals surface area contributed by atoms with Crippen molar-refractivity contribution in [3.63, 3.8) is 0 Å². The Hall–Kier alpha value is -1.47. The molecule has 96 valence electrons. The zero-order valence-electron chi connectivity index (χ0n) is 9.71. The highest BCUT2D eigenvalue weighted by Gasteiger charge is 2.12. The second-order valence-corrected chi connectivity index (χ2v) is 5.73. The first-order chi connectivity index (χ1) is 8.58. The zero-order chi connectivity index (χ0) is 13.1. The molecule has 0 saturated heterocycles. The van der Waals surface area contributed by atoms with Gasteiger partial charge in [-0.1, -0.05) is 11.6 Å². The summed E-state index contributed by atoms with van der Waals surface area (Å²) in [5, 5.41) is 12.0. The van der Waals surface area contributed by atoms with Crippen LogP contribution in [0.5, 0.6) is 0 Å². The van der Waals surface area contributed by atoms with Gasteiger partial charge in [0.2, 0.25) is 0 Å². The van der Waals surface area contributed by atoms with Crippen molar-refractivity contribution >= 4 is 28.1 Å². The number of rotatable bonds is 4. The van der Waals surface area contributed by atoms with E-state index in [4.69, 9.17) is 17.3 Å². The van der Waals surface area contributed by atoms with Gasteiger partial charge in [0.05, 0.1) is 6.54 Å². The third kappa shape index (κ3) is 2.85. The third-order valence-electron chi connectivity index (χ3n) is 2.38. The number of benzene rings is 1. The molecule has 8 heteroatoms. The molecule has 0 bridgehead atoms. The fourth-order valence-electron chi connectivity index (χ4n) is 1.50. The van der Waals surface area contributed by atoms with Crippen LogP contribution in [0.1, 0.15) is 0 Å². The Morgan fingerprint density at radius 3 is 2.94 bits per heavy atom. The third-order valence-corrected chi connectivity index (χ3v) is 3.37. The number of aromatic nitrogens is 4. The Bertz CT molecular complexity index is 585. The summed E-state index contributed by atoms with van der Waals surface area (Å²) in [4.78, 5) is 0. The van der Waals surface area contributed by atoms with Crippen LogP contribution in [-0.4, -0.2) is 36.4 Å². The number of tetrazole rings is 1. The minimum Gasteiger partial charge on any atom is -0.398 e. The van der Waals surface area contributed by atoms with Gasteiger partial charge in [-0.2, -0.15) is 0 Å². The van der Waals surface area contributed by atoms with Crippen LogP contribution in [0.15, 0.2) is 18.2 Å². The summed E-state index contributed by atoms with van der Waals surface area (Å²) >= 11 is 5.84. The summed E-state index contributed by atoms with van der Waals surface area (Å²) in [5.41, 5.74) is 7.11. The van der Waals surface area contributed by atoms with E-state index in [-0.39, 0.29) is 0 Å². The first kappa shape index (κ1) is 13.0. The molecular weight excluding hydrogens is 274 g/mol. The van der Waals surface area contributed by atoms with Crippen molar-refractivity contribution in [1.82, 2.24) is 20.2 Å². The van der Waals surface area contributed by atoms with E-state index in [0.717, 1.165) is 0 Å². The number of nitrogens with zero attached hydrogens (tertiary/aromatic N) is 4. The lowest BCUT2D eigenvalue weighted by molar-refractivity contribution is 0.625. The summed E-state index contributed by atoms with van der Waals surface area (Å²) in [6.45, 7) is 0.480. The smallest absolute Gasteiger partial charge is 0.184 e. The molecule has 2 aromatic rings. The topological polar surface area (TPSA) is 86.7 Å². The molecule has 0 spiro atoms. The molecule has 18 heavy (non-hydrogen) atoms. The Morgan fingerprint density at radius 2 is 2.28 bits per heavy atom. The highest BCUT2D eigenvalue weighted by atomic mass is 35.5. The van der Waals surface area contributed by atoms with Crippen molar-refractivity contribution < 1.29 is 4.21 Å². The van der Waals surface area contributed by atoms with E-state index in [1.165, 1.54) is 0 Å². The molecule has 0 fully saturated rings. The minimum absolute atomic E-state index is 0.480. The maximum Gasteiger partial charge on any atom is 0.184 e. The average Bonchev–Trinajstić information content (AvgIpc) is 2.74. The molecule has 1 unspecified atom stereocenters. The Kier molecular flexibility index (Phi) is 3.93. The molecule has 0 aliphatic rings. The molecule has 6 nitrogen and oxygen atoms in total. The summed E-state index contributed by atoms with van der Waals surface area (Å²) in [5.74, 6) is 1.04. The maximum absolute atomic E-state index is 11.1. The molecule has 1 heterocycles. The predicted octanol–water partition coefficient (Wildman–Crippen LogP) is 0.954.